The lowest BCUT2D eigenvalue weighted by Crippen LogP contribution is -2.58. The van der Waals surface area contributed by atoms with E-state index in [-0.39, 0.29) is 49.5 Å². The molecule has 294 valence electrons. The third-order valence-electron chi connectivity index (χ3n) is 10.1. The zero-order valence-electron chi connectivity index (χ0n) is 31.7. The second-order valence-electron chi connectivity index (χ2n) is 14.7. The van der Waals surface area contributed by atoms with Crippen molar-refractivity contribution in [1.82, 2.24) is 25.8 Å². The first-order valence-corrected chi connectivity index (χ1v) is 20.4. The molecular weight excluding hydrogens is 707 g/mol. The summed E-state index contributed by atoms with van der Waals surface area (Å²) >= 11 is 1.54. The van der Waals surface area contributed by atoms with Crippen LogP contribution in [0.5, 0.6) is 0 Å². The number of nitrogens with two attached hydrogens (primary N) is 2. The number of rotatable bonds is 21. The summed E-state index contributed by atoms with van der Waals surface area (Å²) in [5.74, 6) is -2.12. The maximum Gasteiger partial charge on any atom is 0.246 e. The van der Waals surface area contributed by atoms with Gasteiger partial charge in [0.15, 0.2) is 0 Å². The van der Waals surface area contributed by atoms with Crippen LogP contribution in [0.1, 0.15) is 63.5 Å². The highest BCUT2D eigenvalue weighted by molar-refractivity contribution is 7.98. The Morgan fingerprint density at radius 2 is 1.46 bits per heavy atom. The van der Waals surface area contributed by atoms with Gasteiger partial charge >= 0.3 is 0 Å². The predicted molar refractivity (Wildman–Crippen MR) is 210 cm³/mol. The van der Waals surface area contributed by atoms with Crippen LogP contribution in [0.25, 0.3) is 0 Å². The Labute approximate surface area is 323 Å². The first-order valence-electron chi connectivity index (χ1n) is 19.0. The number of unbranched alkanes of at least 4 members (excludes halogenated alkanes) is 1. The van der Waals surface area contributed by atoms with Gasteiger partial charge in [-0.1, -0.05) is 74.5 Å². The van der Waals surface area contributed by atoms with E-state index in [0.29, 0.717) is 50.9 Å². The molecule has 0 saturated carbocycles. The van der Waals surface area contributed by atoms with Gasteiger partial charge in [0.2, 0.25) is 35.4 Å². The standard InChI is InChI=1S/C40H57N7O6S/c1-26(2)22-33(38(51)44-30(36(42)49)18-21-54-3)47-25-29-17-20-46(35(29)40(47)53)39(52)32(24-28-14-8-5-9-15-28)45-37(50)31(23-27-12-6-4-7-13-27)43-34(48)16-10-11-19-41/h4-9,12-15,26,29-33,35H,10-11,16-25,41H2,1-3H3,(H2,42,49)(H,43,48)(H,44,51)(H,45,50)/t29-,30+,31+,32+,33-,35-/m1/s1. The number of hydrogen-bond donors (Lipinski definition) is 5. The molecule has 7 N–H and O–H groups in total. The maximum absolute atomic E-state index is 14.6. The average molecular weight is 764 g/mol. The number of carbonyl (C=O) groups excluding carboxylic acids is 6. The van der Waals surface area contributed by atoms with Crippen LogP contribution < -0.4 is 27.4 Å². The molecule has 4 rings (SSSR count). The molecule has 0 aliphatic carbocycles. The normalized spacial score (nSPS) is 18.8. The summed E-state index contributed by atoms with van der Waals surface area (Å²) < 4.78 is 0. The number of amides is 6. The topological polar surface area (TPSA) is 197 Å². The van der Waals surface area contributed by atoms with Crippen molar-refractivity contribution in [3.05, 3.63) is 71.8 Å². The highest BCUT2D eigenvalue weighted by atomic mass is 32.2. The van der Waals surface area contributed by atoms with E-state index in [1.165, 1.54) is 11.8 Å². The van der Waals surface area contributed by atoms with Crippen molar-refractivity contribution in [2.75, 3.05) is 31.6 Å². The third-order valence-corrected chi connectivity index (χ3v) is 10.8. The van der Waals surface area contributed by atoms with Crippen molar-refractivity contribution in [3.63, 3.8) is 0 Å². The van der Waals surface area contributed by atoms with Gasteiger partial charge in [-0.15, -0.1) is 0 Å². The van der Waals surface area contributed by atoms with Crippen LogP contribution in [0.2, 0.25) is 0 Å². The number of hydrogen-bond acceptors (Lipinski definition) is 8. The fourth-order valence-electron chi connectivity index (χ4n) is 7.31. The molecule has 14 heteroatoms. The Hall–Kier alpha value is -4.43. The van der Waals surface area contributed by atoms with Crippen molar-refractivity contribution in [2.45, 2.75) is 95.4 Å². The number of nitrogens with zero attached hydrogens (tertiary/aromatic N) is 2. The summed E-state index contributed by atoms with van der Waals surface area (Å²) in [6.07, 6.45) is 5.06. The van der Waals surface area contributed by atoms with Crippen LogP contribution in [0.3, 0.4) is 0 Å². The van der Waals surface area contributed by atoms with Crippen LogP contribution in [-0.4, -0.2) is 107 Å². The largest absolute Gasteiger partial charge is 0.368 e. The number of fused-ring (bicyclic) bond motifs is 1. The summed E-state index contributed by atoms with van der Waals surface area (Å²) in [6, 6.07) is 14.2. The van der Waals surface area contributed by atoms with Gasteiger partial charge in [-0.25, -0.2) is 0 Å². The molecule has 2 aromatic carbocycles. The van der Waals surface area contributed by atoms with Crippen molar-refractivity contribution >= 4 is 47.2 Å². The van der Waals surface area contributed by atoms with Crippen LogP contribution in [-0.2, 0) is 41.6 Å². The van der Waals surface area contributed by atoms with Crippen LogP contribution in [0, 0.1) is 11.8 Å². The lowest BCUT2D eigenvalue weighted by Gasteiger charge is -2.32. The quantitative estimate of drug-likeness (QED) is 0.119. The molecule has 2 aromatic rings. The minimum absolute atomic E-state index is 0.0559. The SMILES string of the molecule is CSCC[C@H](NC(=O)[C@@H](CC(C)C)N1C[C@H]2CCN(C(=O)[C@H](Cc3ccccc3)NC(=O)[C@H](Cc3ccccc3)NC(=O)CCCCN)[C@H]2C1=O)C(N)=O. The Morgan fingerprint density at radius 1 is 0.852 bits per heavy atom. The molecule has 6 amide bonds. The molecule has 0 aromatic heterocycles. The summed E-state index contributed by atoms with van der Waals surface area (Å²) in [4.78, 5) is 84.9. The van der Waals surface area contributed by atoms with Crippen LogP contribution in [0.15, 0.2) is 60.7 Å². The maximum atomic E-state index is 14.6. The molecular formula is C40H57N7O6S. The van der Waals surface area contributed by atoms with E-state index in [1.807, 2.05) is 80.8 Å². The van der Waals surface area contributed by atoms with E-state index in [2.05, 4.69) is 16.0 Å². The first kappa shape index (κ1) is 42.3. The number of primary amides is 1. The molecule has 6 atom stereocenters. The molecule has 13 nitrogen and oxygen atoms in total. The summed E-state index contributed by atoms with van der Waals surface area (Å²) in [7, 11) is 0. The second kappa shape index (κ2) is 20.9. The Bertz CT molecular complexity index is 1580. The minimum atomic E-state index is -1.03. The van der Waals surface area contributed by atoms with Crippen molar-refractivity contribution in [1.29, 1.82) is 0 Å². The van der Waals surface area contributed by atoms with E-state index in [1.54, 1.807) is 9.80 Å². The smallest absolute Gasteiger partial charge is 0.246 e. The van der Waals surface area contributed by atoms with Gasteiger partial charge in [0.05, 0.1) is 0 Å². The van der Waals surface area contributed by atoms with Gasteiger partial charge < -0.3 is 37.2 Å². The van der Waals surface area contributed by atoms with Gasteiger partial charge in [0.25, 0.3) is 0 Å². The molecule has 2 heterocycles. The van der Waals surface area contributed by atoms with Crippen LogP contribution in [0.4, 0.5) is 0 Å². The Morgan fingerprint density at radius 3 is 2.04 bits per heavy atom. The molecule has 0 bridgehead atoms. The number of benzene rings is 2. The Kier molecular flexibility index (Phi) is 16.4. The monoisotopic (exact) mass is 763 g/mol. The van der Waals surface area contributed by atoms with E-state index >= 15 is 0 Å². The molecule has 0 unspecified atom stereocenters. The average Bonchev–Trinajstić information content (AvgIpc) is 3.71. The molecule has 2 aliphatic heterocycles. The predicted octanol–water partition coefficient (Wildman–Crippen LogP) is 1.77. The lowest BCUT2D eigenvalue weighted by atomic mass is 10.0. The Balaban J connectivity index is 1.57. The van der Waals surface area contributed by atoms with Gasteiger partial charge in [-0.05, 0) is 67.7 Å². The van der Waals surface area contributed by atoms with Gasteiger partial charge in [-0.2, -0.15) is 11.8 Å². The number of likely N-dealkylation sites (tertiary alicyclic amines) is 2. The van der Waals surface area contributed by atoms with Crippen molar-refractivity contribution in [2.24, 2.45) is 23.3 Å². The van der Waals surface area contributed by atoms with E-state index in [9.17, 15) is 28.8 Å². The second-order valence-corrected chi connectivity index (χ2v) is 15.7. The van der Waals surface area contributed by atoms with E-state index in [0.717, 1.165) is 11.1 Å². The zero-order valence-corrected chi connectivity index (χ0v) is 32.5. The molecule has 0 spiro atoms. The number of thioether (sulfide) groups is 1. The summed E-state index contributed by atoms with van der Waals surface area (Å²) in [5.41, 5.74) is 12.9. The summed E-state index contributed by atoms with van der Waals surface area (Å²) in [5, 5.41) is 8.63. The van der Waals surface area contributed by atoms with Crippen molar-refractivity contribution in [3.8, 4) is 0 Å². The lowest BCUT2D eigenvalue weighted by molar-refractivity contribution is -0.146. The first-order chi connectivity index (χ1) is 25.9. The van der Waals surface area contributed by atoms with Gasteiger partial charge in [-0.3, -0.25) is 28.8 Å². The van der Waals surface area contributed by atoms with Gasteiger partial charge in [0.1, 0.15) is 30.2 Å². The minimum Gasteiger partial charge on any atom is -0.368 e. The molecule has 2 fully saturated rings. The fourth-order valence-corrected chi connectivity index (χ4v) is 7.78. The van der Waals surface area contributed by atoms with E-state index in [4.69, 9.17) is 11.5 Å². The highest BCUT2D eigenvalue weighted by Crippen LogP contribution is 2.35. The van der Waals surface area contributed by atoms with Gasteiger partial charge in [0, 0.05) is 38.3 Å². The van der Waals surface area contributed by atoms with Crippen molar-refractivity contribution < 1.29 is 28.8 Å². The fraction of sp³-hybridized carbons (Fsp3) is 0.550. The number of nitrogens with one attached hydrogen (secondary N) is 3. The van der Waals surface area contributed by atoms with Crippen LogP contribution >= 0.6 is 11.8 Å². The third kappa shape index (κ3) is 11.8. The highest BCUT2D eigenvalue weighted by Gasteiger charge is 2.53. The molecule has 0 radical (unpaired) electrons. The molecule has 54 heavy (non-hydrogen) atoms. The number of carbonyl (C=O) groups is 6. The molecule has 2 saturated heterocycles. The molecule has 2 aliphatic rings. The zero-order chi connectivity index (χ0) is 39.2. The van der Waals surface area contributed by atoms with E-state index < -0.39 is 53.8 Å². The summed E-state index contributed by atoms with van der Waals surface area (Å²) in [6.45, 7) is 4.99.